The summed E-state index contributed by atoms with van der Waals surface area (Å²) in [7, 11) is 1.55. The number of aromatic nitrogens is 2. The molecule has 3 aromatic rings. The number of primary amides is 1. The Kier molecular flexibility index (Phi) is 4.72. The van der Waals surface area contributed by atoms with Crippen LogP contribution in [0, 0.1) is 0 Å². The quantitative estimate of drug-likeness (QED) is 0.730. The molecule has 3 rings (SSSR count). The topological polar surface area (TPSA) is 90.1 Å². The van der Waals surface area contributed by atoms with Crippen molar-refractivity contribution in [3.8, 4) is 17.0 Å². The molecule has 1 aromatic heterocycles. The van der Waals surface area contributed by atoms with E-state index in [0.717, 1.165) is 5.56 Å². The predicted octanol–water partition coefficient (Wildman–Crippen LogP) is 3.49. The number of rotatable bonds is 5. The molecule has 128 valence electrons. The number of methoxy groups -OCH3 is 1. The number of benzene rings is 2. The van der Waals surface area contributed by atoms with Crippen molar-refractivity contribution in [2.75, 3.05) is 19.0 Å². The van der Waals surface area contributed by atoms with E-state index in [0.29, 0.717) is 45.4 Å². The maximum atomic E-state index is 11.5. The Hall–Kier alpha value is -2.86. The Labute approximate surface area is 150 Å². The summed E-state index contributed by atoms with van der Waals surface area (Å²) < 4.78 is 5.24. The zero-order valence-corrected chi connectivity index (χ0v) is 14.6. The number of nitrogens with two attached hydrogens (primary N) is 1. The minimum atomic E-state index is -0.492. The molecule has 6 nitrogen and oxygen atoms in total. The van der Waals surface area contributed by atoms with Crippen LogP contribution in [-0.4, -0.2) is 29.5 Å². The van der Waals surface area contributed by atoms with Crippen LogP contribution in [0.1, 0.15) is 17.3 Å². The maximum absolute atomic E-state index is 11.5. The van der Waals surface area contributed by atoms with Crippen LogP contribution in [-0.2, 0) is 0 Å². The van der Waals surface area contributed by atoms with Crippen LogP contribution in [0.2, 0.25) is 5.02 Å². The molecule has 3 N–H and O–H groups in total. The third kappa shape index (κ3) is 3.34. The first-order valence-electron chi connectivity index (χ1n) is 7.73. The van der Waals surface area contributed by atoms with Crippen molar-refractivity contribution in [1.29, 1.82) is 0 Å². The van der Waals surface area contributed by atoms with E-state index in [2.05, 4.69) is 15.3 Å². The van der Waals surface area contributed by atoms with Crippen LogP contribution >= 0.6 is 11.6 Å². The lowest BCUT2D eigenvalue weighted by atomic mass is 10.1. The molecule has 2 aromatic carbocycles. The van der Waals surface area contributed by atoms with E-state index in [1.165, 1.54) is 0 Å². The Morgan fingerprint density at radius 2 is 2.00 bits per heavy atom. The number of amides is 1. The van der Waals surface area contributed by atoms with Gasteiger partial charge in [0.2, 0.25) is 5.91 Å². The average Bonchev–Trinajstić information content (AvgIpc) is 2.61. The Balaban J connectivity index is 2.23. The van der Waals surface area contributed by atoms with E-state index in [4.69, 9.17) is 22.1 Å². The first-order valence-corrected chi connectivity index (χ1v) is 8.10. The second-order valence-electron chi connectivity index (χ2n) is 5.37. The zero-order valence-electron chi connectivity index (χ0n) is 13.8. The van der Waals surface area contributed by atoms with Crippen LogP contribution in [0.4, 0.5) is 5.82 Å². The fourth-order valence-corrected chi connectivity index (χ4v) is 2.76. The highest BCUT2D eigenvalue weighted by atomic mass is 35.5. The number of nitrogens with one attached hydrogen (secondary N) is 1. The second kappa shape index (κ2) is 6.94. The lowest BCUT2D eigenvalue weighted by molar-refractivity contribution is 0.100. The standard InChI is InChI=1S/C18H17ClN4O2/c1-3-21-18-16(10-5-4-6-11(7-10)17(20)24)22-13-8-12(19)15(25-2)9-14(13)23-18/h4-9H,3H2,1-2H3,(H2,20,24)(H,21,23). The molecule has 0 fully saturated rings. The van der Waals surface area contributed by atoms with E-state index in [9.17, 15) is 4.79 Å². The number of nitrogens with zero attached hydrogens (tertiary/aromatic N) is 2. The molecule has 7 heteroatoms. The van der Waals surface area contributed by atoms with Gasteiger partial charge in [-0.3, -0.25) is 4.79 Å². The Bertz CT molecular complexity index is 959. The van der Waals surface area contributed by atoms with Gasteiger partial charge in [-0.05, 0) is 25.1 Å². The summed E-state index contributed by atoms with van der Waals surface area (Å²) in [5.74, 6) is 0.656. The highest BCUT2D eigenvalue weighted by Crippen LogP contribution is 2.32. The molecule has 0 bridgehead atoms. The molecule has 0 radical (unpaired) electrons. The number of carbonyl (C=O) groups excluding carboxylic acids is 1. The highest BCUT2D eigenvalue weighted by molar-refractivity contribution is 6.32. The van der Waals surface area contributed by atoms with E-state index in [-0.39, 0.29) is 0 Å². The molecular formula is C18H17ClN4O2. The number of hydrogen-bond acceptors (Lipinski definition) is 5. The second-order valence-corrected chi connectivity index (χ2v) is 5.78. The molecule has 25 heavy (non-hydrogen) atoms. The van der Waals surface area contributed by atoms with Gasteiger partial charge >= 0.3 is 0 Å². The van der Waals surface area contributed by atoms with E-state index in [1.54, 1.807) is 37.4 Å². The van der Waals surface area contributed by atoms with Crippen molar-refractivity contribution in [3.05, 3.63) is 47.0 Å². The lowest BCUT2D eigenvalue weighted by Gasteiger charge is -2.12. The first kappa shape index (κ1) is 17.0. The van der Waals surface area contributed by atoms with Gasteiger partial charge in [-0.1, -0.05) is 23.7 Å². The summed E-state index contributed by atoms with van der Waals surface area (Å²) in [6.07, 6.45) is 0. The molecular weight excluding hydrogens is 340 g/mol. The number of ether oxygens (including phenoxy) is 1. The van der Waals surface area contributed by atoms with Gasteiger partial charge in [0.25, 0.3) is 0 Å². The van der Waals surface area contributed by atoms with E-state index >= 15 is 0 Å². The van der Waals surface area contributed by atoms with Gasteiger partial charge in [-0.2, -0.15) is 0 Å². The molecule has 0 atom stereocenters. The molecule has 0 aliphatic carbocycles. The summed E-state index contributed by atoms with van der Waals surface area (Å²) in [6, 6.07) is 10.4. The zero-order chi connectivity index (χ0) is 18.0. The molecule has 1 heterocycles. The van der Waals surface area contributed by atoms with Crippen molar-refractivity contribution in [3.63, 3.8) is 0 Å². The van der Waals surface area contributed by atoms with Crippen molar-refractivity contribution < 1.29 is 9.53 Å². The molecule has 0 saturated heterocycles. The molecule has 0 aliphatic heterocycles. The fourth-order valence-electron chi connectivity index (χ4n) is 2.53. The van der Waals surface area contributed by atoms with Gasteiger partial charge in [0.05, 0.1) is 23.2 Å². The van der Waals surface area contributed by atoms with Crippen LogP contribution in [0.5, 0.6) is 5.75 Å². The third-order valence-electron chi connectivity index (χ3n) is 3.70. The van der Waals surface area contributed by atoms with Crippen molar-refractivity contribution >= 4 is 34.4 Å². The van der Waals surface area contributed by atoms with Gasteiger partial charge in [-0.15, -0.1) is 0 Å². The predicted molar refractivity (Wildman–Crippen MR) is 99.2 cm³/mol. The van der Waals surface area contributed by atoms with Crippen molar-refractivity contribution in [1.82, 2.24) is 9.97 Å². The smallest absolute Gasteiger partial charge is 0.248 e. The van der Waals surface area contributed by atoms with E-state index < -0.39 is 5.91 Å². The fraction of sp³-hybridized carbons (Fsp3) is 0.167. The van der Waals surface area contributed by atoms with Crippen LogP contribution < -0.4 is 15.8 Å². The van der Waals surface area contributed by atoms with Crippen LogP contribution in [0.15, 0.2) is 36.4 Å². The van der Waals surface area contributed by atoms with E-state index in [1.807, 2.05) is 13.0 Å². The maximum Gasteiger partial charge on any atom is 0.248 e. The molecule has 0 aliphatic rings. The number of anilines is 1. The normalized spacial score (nSPS) is 10.7. The Morgan fingerprint density at radius 1 is 1.24 bits per heavy atom. The monoisotopic (exact) mass is 356 g/mol. The number of fused-ring (bicyclic) bond motifs is 1. The summed E-state index contributed by atoms with van der Waals surface area (Å²) in [5.41, 5.74) is 8.45. The third-order valence-corrected chi connectivity index (χ3v) is 4.00. The summed E-state index contributed by atoms with van der Waals surface area (Å²) in [6.45, 7) is 2.64. The minimum absolute atomic E-state index is 0.412. The molecule has 0 saturated carbocycles. The van der Waals surface area contributed by atoms with Crippen molar-refractivity contribution in [2.24, 2.45) is 5.73 Å². The lowest BCUT2D eigenvalue weighted by Crippen LogP contribution is -2.11. The number of hydrogen-bond donors (Lipinski definition) is 2. The minimum Gasteiger partial charge on any atom is -0.495 e. The van der Waals surface area contributed by atoms with Gasteiger partial charge < -0.3 is 15.8 Å². The molecule has 0 spiro atoms. The average molecular weight is 357 g/mol. The SMILES string of the molecule is CCNc1nc2cc(OC)c(Cl)cc2nc1-c1cccc(C(N)=O)c1. The van der Waals surface area contributed by atoms with Gasteiger partial charge in [0.15, 0.2) is 5.82 Å². The molecule has 0 unspecified atom stereocenters. The van der Waals surface area contributed by atoms with Gasteiger partial charge in [0, 0.05) is 23.7 Å². The van der Waals surface area contributed by atoms with Crippen LogP contribution in [0.25, 0.3) is 22.3 Å². The van der Waals surface area contributed by atoms with Crippen molar-refractivity contribution in [2.45, 2.75) is 6.92 Å². The van der Waals surface area contributed by atoms with Crippen LogP contribution in [0.3, 0.4) is 0 Å². The first-order chi connectivity index (χ1) is 12.0. The number of carbonyl (C=O) groups is 1. The summed E-state index contributed by atoms with van der Waals surface area (Å²) in [5, 5.41) is 3.66. The molecule has 1 amide bonds. The summed E-state index contributed by atoms with van der Waals surface area (Å²) >= 11 is 6.20. The number of halogens is 1. The largest absolute Gasteiger partial charge is 0.495 e. The summed E-state index contributed by atoms with van der Waals surface area (Å²) in [4.78, 5) is 20.8. The van der Waals surface area contributed by atoms with Gasteiger partial charge in [0.1, 0.15) is 11.4 Å². The highest BCUT2D eigenvalue weighted by Gasteiger charge is 2.14. The Morgan fingerprint density at radius 3 is 2.68 bits per heavy atom. The van der Waals surface area contributed by atoms with Gasteiger partial charge in [-0.25, -0.2) is 9.97 Å².